The van der Waals surface area contributed by atoms with Gasteiger partial charge in [0.05, 0.1) is 5.02 Å². The van der Waals surface area contributed by atoms with Crippen LogP contribution in [0.1, 0.15) is 32.1 Å². The highest BCUT2D eigenvalue weighted by Crippen LogP contribution is 2.22. The lowest BCUT2D eigenvalue weighted by Crippen LogP contribution is -2.41. The van der Waals surface area contributed by atoms with Gasteiger partial charge in [-0.2, -0.15) is 0 Å². The summed E-state index contributed by atoms with van der Waals surface area (Å²) in [7, 11) is 0. The van der Waals surface area contributed by atoms with Crippen LogP contribution >= 0.6 is 11.6 Å². The van der Waals surface area contributed by atoms with Crippen molar-refractivity contribution >= 4 is 29.2 Å². The molecule has 2 aliphatic heterocycles. The number of carbonyl (C=O) groups excluding carboxylic acids is 2. The Kier molecular flexibility index (Phi) is 6.13. The number of hydrogen-bond donors (Lipinski definition) is 1. The van der Waals surface area contributed by atoms with Crippen LogP contribution in [0.2, 0.25) is 5.02 Å². The lowest BCUT2D eigenvalue weighted by atomic mass is 9.96. The second kappa shape index (κ2) is 8.52. The first-order valence-electron chi connectivity index (χ1n) is 9.05. The molecule has 7 heteroatoms. The number of piperidine rings is 1. The zero-order valence-electron chi connectivity index (χ0n) is 14.4. The van der Waals surface area contributed by atoms with Crippen molar-refractivity contribution in [2.24, 2.45) is 5.92 Å². The van der Waals surface area contributed by atoms with Crippen molar-refractivity contribution in [3.63, 3.8) is 0 Å². The van der Waals surface area contributed by atoms with Gasteiger partial charge in [0.1, 0.15) is 5.82 Å². The maximum Gasteiger partial charge on any atom is 0.224 e. The summed E-state index contributed by atoms with van der Waals surface area (Å²) in [6, 6.07) is 3.74. The van der Waals surface area contributed by atoms with Gasteiger partial charge in [0, 0.05) is 51.3 Å². The Bertz CT molecular complexity index is 594. The number of pyridine rings is 1. The first-order valence-corrected chi connectivity index (χ1v) is 9.43. The van der Waals surface area contributed by atoms with Crippen LogP contribution in [-0.2, 0) is 9.59 Å². The second-order valence-electron chi connectivity index (χ2n) is 6.72. The molecule has 0 aliphatic carbocycles. The molecule has 2 saturated heterocycles. The number of anilines is 1. The fourth-order valence-corrected chi connectivity index (χ4v) is 3.60. The molecule has 1 aromatic heterocycles. The average molecular weight is 365 g/mol. The molecule has 0 aromatic carbocycles. The third-order valence-corrected chi connectivity index (χ3v) is 5.22. The Balaban J connectivity index is 1.38. The van der Waals surface area contributed by atoms with Crippen LogP contribution in [0.25, 0.3) is 0 Å². The molecule has 6 nitrogen and oxygen atoms in total. The summed E-state index contributed by atoms with van der Waals surface area (Å²) in [6.07, 6.45) is 5.84. The smallest absolute Gasteiger partial charge is 0.224 e. The van der Waals surface area contributed by atoms with E-state index in [9.17, 15) is 9.59 Å². The number of aromatic nitrogens is 1. The van der Waals surface area contributed by atoms with E-state index in [1.165, 1.54) is 0 Å². The lowest BCUT2D eigenvalue weighted by Gasteiger charge is -2.32. The predicted molar refractivity (Wildman–Crippen MR) is 97.6 cm³/mol. The van der Waals surface area contributed by atoms with Crippen molar-refractivity contribution in [3.8, 4) is 0 Å². The Hall–Kier alpha value is -1.82. The number of rotatable bonds is 5. The second-order valence-corrected chi connectivity index (χ2v) is 7.16. The molecule has 0 atom stereocenters. The number of likely N-dealkylation sites (tertiary alicyclic amines) is 1. The Morgan fingerprint density at radius 1 is 1.16 bits per heavy atom. The van der Waals surface area contributed by atoms with Gasteiger partial charge in [0.25, 0.3) is 0 Å². The quantitative estimate of drug-likeness (QED) is 0.868. The average Bonchev–Trinajstić information content (AvgIpc) is 3.17. The van der Waals surface area contributed by atoms with Crippen molar-refractivity contribution in [3.05, 3.63) is 23.4 Å². The van der Waals surface area contributed by atoms with E-state index in [-0.39, 0.29) is 17.7 Å². The normalized spacial score (nSPS) is 18.4. The molecule has 0 saturated carbocycles. The Morgan fingerprint density at radius 2 is 1.88 bits per heavy atom. The molecule has 3 rings (SSSR count). The summed E-state index contributed by atoms with van der Waals surface area (Å²) in [5.41, 5.74) is 0. The fraction of sp³-hybridized carbons (Fsp3) is 0.611. The van der Waals surface area contributed by atoms with Crippen molar-refractivity contribution < 1.29 is 9.59 Å². The molecule has 0 unspecified atom stereocenters. The number of nitrogens with zero attached hydrogens (tertiary/aromatic N) is 3. The standard InChI is InChI=1S/C18H25ClN4O2/c19-15-3-4-16(21-13-15)22-11-6-14(7-12-22)18(25)20-8-5-17(24)23-9-1-2-10-23/h3-4,13-14H,1-2,5-12H2,(H,20,25). The Morgan fingerprint density at radius 3 is 2.52 bits per heavy atom. The van der Waals surface area contributed by atoms with Crippen LogP contribution in [0.5, 0.6) is 0 Å². The van der Waals surface area contributed by atoms with Gasteiger partial charge in [-0.25, -0.2) is 4.98 Å². The van der Waals surface area contributed by atoms with Gasteiger partial charge in [-0.15, -0.1) is 0 Å². The topological polar surface area (TPSA) is 65.5 Å². The van der Waals surface area contributed by atoms with Crippen molar-refractivity contribution in [2.45, 2.75) is 32.1 Å². The highest BCUT2D eigenvalue weighted by Gasteiger charge is 2.25. The molecule has 0 spiro atoms. The number of halogens is 1. The van der Waals surface area contributed by atoms with Crippen LogP contribution in [0, 0.1) is 5.92 Å². The Labute approximate surface area is 153 Å². The van der Waals surface area contributed by atoms with Gasteiger partial charge >= 0.3 is 0 Å². The van der Waals surface area contributed by atoms with Crippen LogP contribution in [-0.4, -0.2) is 54.4 Å². The zero-order chi connectivity index (χ0) is 17.6. The summed E-state index contributed by atoms with van der Waals surface area (Å²) in [5.74, 6) is 1.14. The van der Waals surface area contributed by atoms with Crippen LogP contribution < -0.4 is 10.2 Å². The SMILES string of the molecule is O=C(NCCC(=O)N1CCCC1)C1CCN(c2ccc(Cl)cn2)CC1. The van der Waals surface area contributed by atoms with Crippen LogP contribution in [0.3, 0.4) is 0 Å². The van der Waals surface area contributed by atoms with Crippen LogP contribution in [0.4, 0.5) is 5.82 Å². The highest BCUT2D eigenvalue weighted by atomic mass is 35.5. The van der Waals surface area contributed by atoms with E-state index in [1.807, 2.05) is 17.0 Å². The molecular formula is C18H25ClN4O2. The number of amides is 2. The fourth-order valence-electron chi connectivity index (χ4n) is 3.49. The number of nitrogens with one attached hydrogen (secondary N) is 1. The molecule has 136 valence electrons. The van der Waals surface area contributed by atoms with E-state index in [0.29, 0.717) is 18.0 Å². The minimum Gasteiger partial charge on any atom is -0.357 e. The van der Waals surface area contributed by atoms with E-state index in [2.05, 4.69) is 15.2 Å². The van der Waals surface area contributed by atoms with Gasteiger partial charge in [0.15, 0.2) is 0 Å². The molecule has 0 radical (unpaired) electrons. The third-order valence-electron chi connectivity index (χ3n) is 5.00. The summed E-state index contributed by atoms with van der Waals surface area (Å²) in [5, 5.41) is 3.56. The molecule has 1 aromatic rings. The van der Waals surface area contributed by atoms with E-state index in [1.54, 1.807) is 6.20 Å². The van der Waals surface area contributed by atoms with Gasteiger partial charge in [0.2, 0.25) is 11.8 Å². The number of carbonyl (C=O) groups is 2. The van der Waals surface area contributed by atoms with Crippen molar-refractivity contribution in [1.82, 2.24) is 15.2 Å². The number of hydrogen-bond acceptors (Lipinski definition) is 4. The molecule has 0 bridgehead atoms. The van der Waals surface area contributed by atoms with Gasteiger partial charge in [-0.3, -0.25) is 9.59 Å². The maximum absolute atomic E-state index is 12.3. The van der Waals surface area contributed by atoms with E-state index in [4.69, 9.17) is 11.6 Å². The zero-order valence-corrected chi connectivity index (χ0v) is 15.2. The first kappa shape index (κ1) is 18.0. The van der Waals surface area contributed by atoms with E-state index < -0.39 is 0 Å². The van der Waals surface area contributed by atoms with Gasteiger partial charge in [-0.1, -0.05) is 11.6 Å². The van der Waals surface area contributed by atoms with Crippen LogP contribution in [0.15, 0.2) is 18.3 Å². The van der Waals surface area contributed by atoms with Gasteiger partial charge in [-0.05, 0) is 37.8 Å². The first-order chi connectivity index (χ1) is 12.1. The summed E-state index contributed by atoms with van der Waals surface area (Å²) in [4.78, 5) is 32.7. The van der Waals surface area contributed by atoms with Gasteiger partial charge < -0.3 is 15.1 Å². The monoisotopic (exact) mass is 364 g/mol. The minimum absolute atomic E-state index is 0.0189. The third kappa shape index (κ3) is 4.84. The highest BCUT2D eigenvalue weighted by molar-refractivity contribution is 6.30. The molecule has 25 heavy (non-hydrogen) atoms. The maximum atomic E-state index is 12.3. The van der Waals surface area contributed by atoms with E-state index in [0.717, 1.165) is 57.7 Å². The molecule has 1 N–H and O–H groups in total. The summed E-state index contributed by atoms with van der Waals surface area (Å²) < 4.78 is 0. The molecule has 3 heterocycles. The van der Waals surface area contributed by atoms with Crippen molar-refractivity contribution in [1.29, 1.82) is 0 Å². The molecular weight excluding hydrogens is 340 g/mol. The lowest BCUT2D eigenvalue weighted by molar-refractivity contribution is -0.130. The molecule has 2 amide bonds. The minimum atomic E-state index is 0.0189. The van der Waals surface area contributed by atoms with Crippen molar-refractivity contribution in [2.75, 3.05) is 37.6 Å². The molecule has 2 aliphatic rings. The predicted octanol–water partition coefficient (Wildman–Crippen LogP) is 2.08. The largest absolute Gasteiger partial charge is 0.357 e. The summed E-state index contributed by atoms with van der Waals surface area (Å²) >= 11 is 5.87. The summed E-state index contributed by atoms with van der Waals surface area (Å²) in [6.45, 7) is 3.78. The van der Waals surface area contributed by atoms with E-state index >= 15 is 0 Å². The molecule has 2 fully saturated rings.